The van der Waals surface area contributed by atoms with Crippen LogP contribution in [0.4, 0.5) is 0 Å². The standard InChI is InChI=1S/C15H22BrN/c1-3-17-15(12-6-4-5-7-12)13-10-11(2)8-9-14(13)16/h8-10,12,15,17H,3-7H2,1-2H3. The Balaban J connectivity index is 2.27. The molecule has 94 valence electrons. The van der Waals surface area contributed by atoms with Crippen LogP contribution in [-0.2, 0) is 0 Å². The van der Waals surface area contributed by atoms with Crippen molar-refractivity contribution in [1.82, 2.24) is 5.32 Å². The molecule has 0 spiro atoms. The highest BCUT2D eigenvalue weighted by molar-refractivity contribution is 9.10. The van der Waals surface area contributed by atoms with E-state index in [0.29, 0.717) is 6.04 Å². The van der Waals surface area contributed by atoms with Gasteiger partial charge in [-0.1, -0.05) is 53.4 Å². The van der Waals surface area contributed by atoms with Gasteiger partial charge < -0.3 is 5.32 Å². The third kappa shape index (κ3) is 3.11. The summed E-state index contributed by atoms with van der Waals surface area (Å²) in [5, 5.41) is 3.68. The average molecular weight is 296 g/mol. The number of hydrogen-bond donors (Lipinski definition) is 1. The van der Waals surface area contributed by atoms with E-state index < -0.39 is 0 Å². The third-order valence-electron chi connectivity index (χ3n) is 3.78. The molecule has 0 saturated heterocycles. The van der Waals surface area contributed by atoms with Crippen LogP contribution in [0.15, 0.2) is 22.7 Å². The van der Waals surface area contributed by atoms with E-state index in [4.69, 9.17) is 0 Å². The smallest absolute Gasteiger partial charge is 0.0359 e. The largest absolute Gasteiger partial charge is 0.310 e. The van der Waals surface area contributed by atoms with E-state index in [2.05, 4.69) is 53.3 Å². The first-order chi connectivity index (χ1) is 8.22. The normalized spacial score (nSPS) is 18.5. The molecule has 1 nitrogen and oxygen atoms in total. The monoisotopic (exact) mass is 295 g/mol. The van der Waals surface area contributed by atoms with Crippen LogP contribution in [0.3, 0.4) is 0 Å². The molecule has 2 heteroatoms. The van der Waals surface area contributed by atoms with Gasteiger partial charge in [-0.15, -0.1) is 0 Å². The first-order valence-corrected chi connectivity index (χ1v) is 7.51. The maximum atomic E-state index is 3.71. The van der Waals surface area contributed by atoms with Crippen molar-refractivity contribution in [2.45, 2.75) is 45.6 Å². The van der Waals surface area contributed by atoms with E-state index in [-0.39, 0.29) is 0 Å². The Morgan fingerprint density at radius 3 is 2.71 bits per heavy atom. The summed E-state index contributed by atoms with van der Waals surface area (Å²) in [6.07, 6.45) is 5.54. The molecule has 1 aromatic carbocycles. The molecule has 0 bridgehead atoms. The van der Waals surface area contributed by atoms with Gasteiger partial charge in [0.2, 0.25) is 0 Å². The number of benzene rings is 1. The second-order valence-electron chi connectivity index (χ2n) is 5.10. The van der Waals surface area contributed by atoms with Crippen LogP contribution in [0, 0.1) is 12.8 Å². The zero-order valence-electron chi connectivity index (χ0n) is 10.8. The highest BCUT2D eigenvalue weighted by atomic mass is 79.9. The molecule has 17 heavy (non-hydrogen) atoms. The van der Waals surface area contributed by atoms with Crippen molar-refractivity contribution in [3.63, 3.8) is 0 Å². The summed E-state index contributed by atoms with van der Waals surface area (Å²) in [6, 6.07) is 7.21. The molecular weight excluding hydrogens is 274 g/mol. The molecule has 0 heterocycles. The number of rotatable bonds is 4. The lowest BCUT2D eigenvalue weighted by molar-refractivity contribution is 0.373. The van der Waals surface area contributed by atoms with E-state index in [1.165, 1.54) is 41.3 Å². The van der Waals surface area contributed by atoms with Crippen LogP contribution < -0.4 is 5.32 Å². The van der Waals surface area contributed by atoms with Gasteiger partial charge in [-0.05, 0) is 43.9 Å². The maximum Gasteiger partial charge on any atom is 0.0359 e. The topological polar surface area (TPSA) is 12.0 Å². The van der Waals surface area contributed by atoms with Gasteiger partial charge in [0.15, 0.2) is 0 Å². The molecule has 0 aromatic heterocycles. The quantitative estimate of drug-likeness (QED) is 0.856. The molecule has 1 N–H and O–H groups in total. The molecule has 1 aliphatic carbocycles. The van der Waals surface area contributed by atoms with Gasteiger partial charge in [-0.2, -0.15) is 0 Å². The fraction of sp³-hybridized carbons (Fsp3) is 0.600. The SMILES string of the molecule is CCNC(c1cc(C)ccc1Br)C1CCCC1. The Morgan fingerprint density at radius 1 is 1.35 bits per heavy atom. The van der Waals surface area contributed by atoms with Crippen LogP contribution in [0.25, 0.3) is 0 Å². The summed E-state index contributed by atoms with van der Waals surface area (Å²) in [7, 11) is 0. The Labute approximate surface area is 113 Å². The Kier molecular flexibility index (Phi) is 4.63. The minimum atomic E-state index is 0.525. The van der Waals surface area contributed by atoms with Gasteiger partial charge in [0.25, 0.3) is 0 Å². The molecule has 0 radical (unpaired) electrons. The second kappa shape index (κ2) is 6.01. The molecule has 1 unspecified atom stereocenters. The Morgan fingerprint density at radius 2 is 2.06 bits per heavy atom. The number of aryl methyl sites for hydroxylation is 1. The summed E-state index contributed by atoms with van der Waals surface area (Å²) in [6.45, 7) is 5.42. The summed E-state index contributed by atoms with van der Waals surface area (Å²) in [5.74, 6) is 0.813. The van der Waals surface area contributed by atoms with Crippen LogP contribution in [0.2, 0.25) is 0 Å². The summed E-state index contributed by atoms with van der Waals surface area (Å²) < 4.78 is 1.25. The second-order valence-corrected chi connectivity index (χ2v) is 5.96. The molecule has 1 aromatic rings. The lowest BCUT2D eigenvalue weighted by atomic mass is 9.91. The van der Waals surface area contributed by atoms with Crippen molar-refractivity contribution < 1.29 is 0 Å². The fourth-order valence-electron chi connectivity index (χ4n) is 2.94. The molecule has 1 fully saturated rings. The van der Waals surface area contributed by atoms with Crippen molar-refractivity contribution in [3.05, 3.63) is 33.8 Å². The van der Waals surface area contributed by atoms with Gasteiger partial charge in [-0.3, -0.25) is 0 Å². The highest BCUT2D eigenvalue weighted by Crippen LogP contribution is 2.38. The summed E-state index contributed by atoms with van der Waals surface area (Å²) in [4.78, 5) is 0. The number of hydrogen-bond acceptors (Lipinski definition) is 1. The molecule has 1 saturated carbocycles. The predicted octanol–water partition coefficient (Wildman–Crippen LogP) is 4.60. The summed E-state index contributed by atoms with van der Waals surface area (Å²) in [5.41, 5.74) is 2.79. The van der Waals surface area contributed by atoms with E-state index in [0.717, 1.165) is 12.5 Å². The molecular formula is C15H22BrN. The molecule has 0 amide bonds. The van der Waals surface area contributed by atoms with Gasteiger partial charge in [0.1, 0.15) is 0 Å². The Bertz CT molecular complexity index is 369. The van der Waals surface area contributed by atoms with Gasteiger partial charge in [-0.25, -0.2) is 0 Å². The van der Waals surface area contributed by atoms with Crippen molar-refractivity contribution in [3.8, 4) is 0 Å². The van der Waals surface area contributed by atoms with Crippen LogP contribution >= 0.6 is 15.9 Å². The fourth-order valence-corrected chi connectivity index (χ4v) is 3.44. The molecule has 2 rings (SSSR count). The zero-order valence-corrected chi connectivity index (χ0v) is 12.4. The van der Waals surface area contributed by atoms with Crippen molar-refractivity contribution in [2.24, 2.45) is 5.92 Å². The predicted molar refractivity (Wildman–Crippen MR) is 77.3 cm³/mol. The van der Waals surface area contributed by atoms with E-state index in [1.807, 2.05) is 0 Å². The van der Waals surface area contributed by atoms with E-state index >= 15 is 0 Å². The van der Waals surface area contributed by atoms with Gasteiger partial charge in [0, 0.05) is 10.5 Å². The van der Waals surface area contributed by atoms with Gasteiger partial charge in [0.05, 0.1) is 0 Å². The third-order valence-corrected chi connectivity index (χ3v) is 4.50. The van der Waals surface area contributed by atoms with E-state index in [9.17, 15) is 0 Å². The number of nitrogens with one attached hydrogen (secondary N) is 1. The Hall–Kier alpha value is -0.340. The zero-order chi connectivity index (χ0) is 12.3. The van der Waals surface area contributed by atoms with Crippen molar-refractivity contribution in [1.29, 1.82) is 0 Å². The maximum absolute atomic E-state index is 3.71. The van der Waals surface area contributed by atoms with Crippen LogP contribution in [0.1, 0.15) is 49.8 Å². The summed E-state index contributed by atoms with van der Waals surface area (Å²) >= 11 is 3.71. The molecule has 0 aliphatic heterocycles. The highest BCUT2D eigenvalue weighted by Gasteiger charge is 2.26. The molecule has 1 atom stereocenters. The van der Waals surface area contributed by atoms with Crippen molar-refractivity contribution in [2.75, 3.05) is 6.54 Å². The van der Waals surface area contributed by atoms with Gasteiger partial charge >= 0.3 is 0 Å². The minimum absolute atomic E-state index is 0.525. The van der Waals surface area contributed by atoms with Crippen LogP contribution in [-0.4, -0.2) is 6.54 Å². The molecule has 1 aliphatic rings. The first-order valence-electron chi connectivity index (χ1n) is 6.71. The van der Waals surface area contributed by atoms with Crippen LogP contribution in [0.5, 0.6) is 0 Å². The lowest BCUT2D eigenvalue weighted by Crippen LogP contribution is -2.27. The van der Waals surface area contributed by atoms with Crippen molar-refractivity contribution >= 4 is 15.9 Å². The first kappa shape index (κ1) is 13.1. The average Bonchev–Trinajstić information content (AvgIpc) is 2.83. The lowest BCUT2D eigenvalue weighted by Gasteiger charge is -2.26. The van der Waals surface area contributed by atoms with E-state index in [1.54, 1.807) is 0 Å². The number of halogens is 1. The minimum Gasteiger partial charge on any atom is -0.310 e.